The van der Waals surface area contributed by atoms with Crippen molar-refractivity contribution in [1.29, 1.82) is 0 Å². The fraction of sp³-hybridized carbons (Fsp3) is 0.440. The second kappa shape index (κ2) is 25.7. The summed E-state index contributed by atoms with van der Waals surface area (Å²) >= 11 is 0. The maximum Gasteiger partial charge on any atom is 0.358 e. The Kier molecular flexibility index (Phi) is 25.7. The summed E-state index contributed by atoms with van der Waals surface area (Å²) in [4.78, 5) is 22.0. The third-order valence-corrected chi connectivity index (χ3v) is 3.14. The molecule has 38 heavy (non-hydrogen) atoms. The van der Waals surface area contributed by atoms with Crippen LogP contribution in [0.1, 0.15) is 81.9 Å². The van der Waals surface area contributed by atoms with Gasteiger partial charge in [0, 0.05) is 0 Å². The highest BCUT2D eigenvalue weighted by Gasteiger charge is 2.08. The minimum absolute atomic E-state index is 0.136. The topological polar surface area (TPSA) is 208 Å². The van der Waals surface area contributed by atoms with Gasteiger partial charge in [-0.05, 0) is 50.6 Å². The van der Waals surface area contributed by atoms with Crippen LogP contribution in [0.5, 0.6) is 0 Å². The van der Waals surface area contributed by atoms with Crippen molar-refractivity contribution in [2.24, 2.45) is 0 Å². The zero-order valence-electron chi connectivity index (χ0n) is 23.9. The van der Waals surface area contributed by atoms with Crippen LogP contribution in [0.3, 0.4) is 0 Å². The van der Waals surface area contributed by atoms with E-state index in [1.54, 1.807) is 26.1 Å². The molecule has 0 radical (unpaired) electrons. The molecule has 0 saturated carbocycles. The third-order valence-electron chi connectivity index (χ3n) is 3.14. The molecule has 0 aliphatic carbocycles. The summed E-state index contributed by atoms with van der Waals surface area (Å²) in [6, 6.07) is 6.16. The van der Waals surface area contributed by atoms with Crippen molar-refractivity contribution in [3.05, 3.63) is 53.6 Å². The number of rotatable bonds is 4. The van der Waals surface area contributed by atoms with Gasteiger partial charge in [0.25, 0.3) is 0 Å². The lowest BCUT2D eigenvalue weighted by atomic mass is 10.3. The Balaban J connectivity index is -0.000000446. The number of aryl methyl sites for hydroxylation is 1. The monoisotopic (exact) mass is 533 g/mol. The number of carbonyl (C=O) groups excluding carboxylic acids is 2. The number of anilines is 3. The number of hydrogen-bond donors (Lipinski definition) is 3. The van der Waals surface area contributed by atoms with Crippen molar-refractivity contribution in [3.63, 3.8) is 0 Å². The first kappa shape index (κ1) is 38.1. The smallest absolute Gasteiger partial charge is 0.358 e. The van der Waals surface area contributed by atoms with Crippen LogP contribution < -0.4 is 17.2 Å². The largest absolute Gasteiger partial charge is 0.461 e. The molecule has 3 rings (SSSR count). The standard InChI is InChI=1S/2C7H9N3O2.C5H7N3.3C2H6/c1-2-12-7(11)6-3-5(8)4-9-10-6;1-2-12-7(11)5-3-4-6(8)10-9-5;1-4-2-5(6)8-7-3-4;3*1-2/h2*3-4H,2H2,1H3,(H2,8,10);2-3H,1H3,(H2,6,8);3*1-2H3. The van der Waals surface area contributed by atoms with Gasteiger partial charge in [-0.3, -0.25) is 0 Å². The normalized spacial score (nSPS) is 8.34. The average molecular weight is 534 g/mol. The highest BCUT2D eigenvalue weighted by molar-refractivity contribution is 5.88. The van der Waals surface area contributed by atoms with Gasteiger partial charge >= 0.3 is 11.9 Å². The Morgan fingerprint density at radius 2 is 1.21 bits per heavy atom. The second-order valence-corrected chi connectivity index (χ2v) is 5.82. The molecule has 0 bridgehead atoms. The molecule has 0 atom stereocenters. The zero-order valence-corrected chi connectivity index (χ0v) is 23.9. The molecule has 0 amide bonds. The number of esters is 2. The van der Waals surface area contributed by atoms with E-state index in [4.69, 9.17) is 17.2 Å². The molecule has 3 aromatic heterocycles. The van der Waals surface area contributed by atoms with E-state index in [2.05, 4.69) is 40.1 Å². The van der Waals surface area contributed by atoms with Crippen LogP contribution in [-0.2, 0) is 9.47 Å². The highest BCUT2D eigenvalue weighted by atomic mass is 16.5. The molecule has 0 unspecified atom stereocenters. The predicted molar refractivity (Wildman–Crippen MR) is 150 cm³/mol. The number of ether oxygens (including phenoxy) is 2. The number of hydrogen-bond acceptors (Lipinski definition) is 13. The van der Waals surface area contributed by atoms with E-state index < -0.39 is 11.9 Å². The maximum atomic E-state index is 11.0. The second-order valence-electron chi connectivity index (χ2n) is 5.82. The third kappa shape index (κ3) is 18.9. The minimum atomic E-state index is -0.502. The summed E-state index contributed by atoms with van der Waals surface area (Å²) in [5.41, 5.74) is 17.7. The number of nitrogens with two attached hydrogens (primary N) is 3. The van der Waals surface area contributed by atoms with Crippen LogP contribution in [-0.4, -0.2) is 55.7 Å². The molecule has 3 heterocycles. The Morgan fingerprint density at radius 1 is 0.684 bits per heavy atom. The van der Waals surface area contributed by atoms with Crippen LogP contribution in [0.25, 0.3) is 0 Å². The van der Waals surface area contributed by atoms with Crippen molar-refractivity contribution in [1.82, 2.24) is 30.6 Å². The predicted octanol–water partition coefficient (Wildman–Crippen LogP) is 3.92. The Hall–Kier alpha value is -4.42. The summed E-state index contributed by atoms with van der Waals surface area (Å²) in [6.07, 6.45) is 3.03. The van der Waals surface area contributed by atoms with Gasteiger partial charge in [0.2, 0.25) is 0 Å². The Morgan fingerprint density at radius 3 is 1.61 bits per heavy atom. The van der Waals surface area contributed by atoms with Gasteiger partial charge in [-0.25, -0.2) is 9.59 Å². The van der Waals surface area contributed by atoms with Gasteiger partial charge in [0.05, 0.1) is 31.3 Å². The molecular weight excluding hydrogens is 490 g/mol. The van der Waals surface area contributed by atoms with Crippen molar-refractivity contribution in [3.8, 4) is 0 Å². The lowest BCUT2D eigenvalue weighted by Gasteiger charge is -1.99. The first-order chi connectivity index (χ1) is 18.3. The number of nitrogens with zero attached hydrogens (tertiary/aromatic N) is 6. The molecule has 13 nitrogen and oxygen atoms in total. The number of carbonyl (C=O) groups is 2. The van der Waals surface area contributed by atoms with E-state index in [-0.39, 0.29) is 17.2 Å². The fourth-order valence-corrected chi connectivity index (χ4v) is 1.83. The Labute approximate surface area is 225 Å². The highest BCUT2D eigenvalue weighted by Crippen LogP contribution is 2.02. The molecule has 0 spiro atoms. The van der Waals surface area contributed by atoms with E-state index >= 15 is 0 Å². The van der Waals surface area contributed by atoms with E-state index in [1.165, 1.54) is 24.4 Å². The van der Waals surface area contributed by atoms with E-state index in [0.717, 1.165) is 5.56 Å². The molecule has 0 fully saturated rings. The van der Waals surface area contributed by atoms with Gasteiger partial charge in [-0.2, -0.15) is 10.2 Å². The SMILES string of the molecule is CC.CC.CC.CCOC(=O)c1cc(N)cnn1.CCOC(=O)c1ccc(N)nn1.Cc1cnnc(N)c1. The first-order valence-electron chi connectivity index (χ1n) is 12.3. The number of nitrogen functional groups attached to an aromatic ring is 3. The van der Waals surface area contributed by atoms with Crippen LogP contribution in [0, 0.1) is 6.92 Å². The van der Waals surface area contributed by atoms with Crippen LogP contribution >= 0.6 is 0 Å². The molecule has 3 aromatic rings. The molecule has 13 heteroatoms. The molecule has 0 aromatic carbocycles. The molecule has 0 saturated heterocycles. The lowest BCUT2D eigenvalue weighted by Crippen LogP contribution is -2.08. The van der Waals surface area contributed by atoms with Crippen molar-refractivity contribution in [2.45, 2.75) is 62.3 Å². The van der Waals surface area contributed by atoms with Crippen LogP contribution in [0.15, 0.2) is 36.7 Å². The van der Waals surface area contributed by atoms with Crippen LogP contribution in [0.4, 0.5) is 17.3 Å². The van der Waals surface area contributed by atoms with E-state index in [1.807, 2.05) is 48.5 Å². The van der Waals surface area contributed by atoms with Gasteiger partial charge in [0.1, 0.15) is 11.6 Å². The average Bonchev–Trinajstić information content (AvgIpc) is 2.93. The number of aromatic nitrogens is 6. The molecule has 6 N–H and O–H groups in total. The molecule has 0 aliphatic heterocycles. The first-order valence-corrected chi connectivity index (χ1v) is 12.3. The summed E-state index contributed by atoms with van der Waals surface area (Å²) in [6.45, 7) is 18.0. The van der Waals surface area contributed by atoms with Crippen LogP contribution in [0.2, 0.25) is 0 Å². The Bertz CT molecular complexity index is 987. The lowest BCUT2D eigenvalue weighted by molar-refractivity contribution is 0.0508. The quantitative estimate of drug-likeness (QED) is 0.407. The van der Waals surface area contributed by atoms with Crippen molar-refractivity contribution < 1.29 is 19.1 Å². The fourth-order valence-electron chi connectivity index (χ4n) is 1.83. The minimum Gasteiger partial charge on any atom is -0.461 e. The maximum absolute atomic E-state index is 11.0. The van der Waals surface area contributed by atoms with Gasteiger partial charge in [-0.15, -0.1) is 20.4 Å². The van der Waals surface area contributed by atoms with Gasteiger partial charge in [0.15, 0.2) is 11.4 Å². The summed E-state index contributed by atoms with van der Waals surface area (Å²) in [5, 5.41) is 21.3. The molecule has 0 aliphatic rings. The molecular formula is C25H43N9O4. The zero-order chi connectivity index (χ0) is 29.9. The van der Waals surface area contributed by atoms with E-state index in [0.29, 0.717) is 24.7 Å². The van der Waals surface area contributed by atoms with Crippen molar-refractivity contribution in [2.75, 3.05) is 30.4 Å². The van der Waals surface area contributed by atoms with Crippen molar-refractivity contribution >= 4 is 29.3 Å². The van der Waals surface area contributed by atoms with Gasteiger partial charge < -0.3 is 26.7 Å². The van der Waals surface area contributed by atoms with E-state index in [9.17, 15) is 9.59 Å². The summed E-state index contributed by atoms with van der Waals surface area (Å²) in [7, 11) is 0. The summed E-state index contributed by atoms with van der Waals surface area (Å²) in [5.74, 6) is -0.227. The van der Waals surface area contributed by atoms with Gasteiger partial charge in [-0.1, -0.05) is 41.5 Å². The molecule has 212 valence electrons. The summed E-state index contributed by atoms with van der Waals surface area (Å²) < 4.78 is 9.37.